The summed E-state index contributed by atoms with van der Waals surface area (Å²) in [6, 6.07) is 3.23. The second-order valence-corrected chi connectivity index (χ2v) is 9.70. The van der Waals surface area contributed by atoms with Crippen molar-refractivity contribution < 1.29 is 22.5 Å². The van der Waals surface area contributed by atoms with Gasteiger partial charge in [0.05, 0.1) is 24.8 Å². The summed E-state index contributed by atoms with van der Waals surface area (Å²) in [5.74, 6) is 1.20. The Morgan fingerprint density at radius 1 is 1.26 bits per heavy atom. The van der Waals surface area contributed by atoms with E-state index in [0.717, 1.165) is 6.42 Å². The minimum Gasteiger partial charge on any atom is -0.616 e. The molecule has 2 N–H and O–H groups in total. The molecule has 12 heteroatoms. The molecule has 2 bridgehead atoms. The van der Waals surface area contributed by atoms with E-state index in [2.05, 4.69) is 24.6 Å². The number of hydrogen-bond acceptors (Lipinski definition) is 8. The summed E-state index contributed by atoms with van der Waals surface area (Å²) in [7, 11) is 0. The van der Waals surface area contributed by atoms with Gasteiger partial charge in [-0.2, -0.15) is 13.8 Å². The van der Waals surface area contributed by atoms with Gasteiger partial charge in [0, 0.05) is 30.8 Å². The average molecular weight is 454 g/mol. The van der Waals surface area contributed by atoms with Crippen LogP contribution in [0.2, 0.25) is 0 Å². The smallest absolute Gasteiger partial charge is 0.387 e. The molecular weight excluding hydrogens is 433 g/mol. The number of halogens is 3. The predicted molar refractivity (Wildman–Crippen MR) is 111 cm³/mol. The topological polar surface area (TPSA) is 103 Å². The van der Waals surface area contributed by atoms with Crippen molar-refractivity contribution in [2.75, 3.05) is 40.9 Å². The van der Waals surface area contributed by atoms with Crippen molar-refractivity contribution in [2.45, 2.75) is 36.9 Å². The molecule has 3 fully saturated rings. The van der Waals surface area contributed by atoms with Crippen molar-refractivity contribution in [3.8, 4) is 17.0 Å². The van der Waals surface area contributed by atoms with Crippen molar-refractivity contribution in [1.29, 1.82) is 0 Å². The highest BCUT2D eigenvalue weighted by molar-refractivity contribution is 7.92. The average Bonchev–Trinajstić information content (AvgIpc) is 3.44. The second kappa shape index (κ2) is 7.90. The fraction of sp³-hybridized carbons (Fsp3) is 0.526. The molecule has 2 aromatic rings. The van der Waals surface area contributed by atoms with E-state index in [9.17, 15) is 17.7 Å². The predicted octanol–water partition coefficient (Wildman–Crippen LogP) is 1.98. The zero-order valence-corrected chi connectivity index (χ0v) is 17.3. The maximum Gasteiger partial charge on any atom is 0.387 e. The van der Waals surface area contributed by atoms with Crippen LogP contribution in [0.15, 0.2) is 18.3 Å². The van der Waals surface area contributed by atoms with Crippen LogP contribution >= 0.6 is 0 Å². The monoisotopic (exact) mass is 454 g/mol. The number of anilines is 3. The standard InChI is InChI=1S/C19H21F3N6O2S/c20-11-1-2-27(7-11)19-25-14(10-3-15(30-18(21)22)17(23)24-6-10)5-16(26-19)28-8-13-4-12(28)9-31(13)29/h3,5-6,11-13,18H,1-2,4,7-9H2,(H2,23,24)/t11-,12+,13+,31?/m1/s1. The van der Waals surface area contributed by atoms with E-state index >= 15 is 0 Å². The number of fused-ring (bicyclic) bond motifs is 2. The van der Waals surface area contributed by atoms with Gasteiger partial charge < -0.3 is 24.8 Å². The largest absolute Gasteiger partial charge is 0.616 e. The minimum absolute atomic E-state index is 0.109. The maximum atomic E-state index is 13.8. The Balaban J connectivity index is 1.54. The van der Waals surface area contributed by atoms with Crippen molar-refractivity contribution in [1.82, 2.24) is 15.0 Å². The summed E-state index contributed by atoms with van der Waals surface area (Å²) in [6.45, 7) is -1.74. The number of pyridine rings is 1. The van der Waals surface area contributed by atoms with Gasteiger partial charge in [-0.25, -0.2) is 14.4 Å². The van der Waals surface area contributed by atoms with Crippen LogP contribution in [-0.2, 0) is 11.2 Å². The fourth-order valence-electron chi connectivity index (χ4n) is 4.37. The molecule has 5 heterocycles. The highest BCUT2D eigenvalue weighted by Crippen LogP contribution is 2.38. The van der Waals surface area contributed by atoms with E-state index in [1.54, 1.807) is 11.0 Å². The Hall–Kier alpha value is -2.47. The van der Waals surface area contributed by atoms with Gasteiger partial charge in [-0.15, -0.1) is 0 Å². The molecule has 0 radical (unpaired) electrons. The molecule has 3 aliphatic rings. The Kier molecular flexibility index (Phi) is 5.21. The van der Waals surface area contributed by atoms with Crippen molar-refractivity contribution in [3.63, 3.8) is 0 Å². The molecule has 0 aromatic carbocycles. The Morgan fingerprint density at radius 3 is 2.74 bits per heavy atom. The third-order valence-corrected chi connectivity index (χ3v) is 7.71. The first-order valence-electron chi connectivity index (χ1n) is 10.00. The first kappa shape index (κ1) is 20.4. The van der Waals surface area contributed by atoms with Gasteiger partial charge in [-0.05, 0) is 23.7 Å². The Morgan fingerprint density at radius 2 is 2.10 bits per heavy atom. The normalized spacial score (nSPS) is 27.5. The van der Waals surface area contributed by atoms with E-state index in [-0.39, 0.29) is 29.4 Å². The quantitative estimate of drug-likeness (QED) is 0.684. The Labute approximate surface area is 179 Å². The van der Waals surface area contributed by atoms with Gasteiger partial charge >= 0.3 is 6.61 Å². The lowest BCUT2D eigenvalue weighted by Crippen LogP contribution is -2.41. The lowest BCUT2D eigenvalue weighted by Gasteiger charge is -2.29. The molecule has 3 aliphatic heterocycles. The van der Waals surface area contributed by atoms with E-state index in [4.69, 9.17) is 5.73 Å². The van der Waals surface area contributed by atoms with Crippen molar-refractivity contribution in [3.05, 3.63) is 18.3 Å². The molecule has 166 valence electrons. The molecule has 5 rings (SSSR count). The fourth-order valence-corrected chi connectivity index (χ4v) is 6.10. The molecule has 0 saturated carbocycles. The lowest BCUT2D eigenvalue weighted by atomic mass is 10.2. The van der Waals surface area contributed by atoms with E-state index in [0.29, 0.717) is 48.3 Å². The molecule has 2 aromatic heterocycles. The van der Waals surface area contributed by atoms with Crippen LogP contribution in [0, 0.1) is 0 Å². The second-order valence-electron chi connectivity index (χ2n) is 7.94. The minimum atomic E-state index is -3.04. The third kappa shape index (κ3) is 3.93. The number of nitrogen functional groups attached to an aromatic ring is 1. The molecule has 3 saturated heterocycles. The summed E-state index contributed by atoms with van der Waals surface area (Å²) in [5.41, 5.74) is 6.53. The van der Waals surface area contributed by atoms with Gasteiger partial charge in [0.15, 0.2) is 11.6 Å². The molecular formula is C19H21F3N6O2S. The highest BCUT2D eigenvalue weighted by Gasteiger charge is 2.48. The molecule has 0 aliphatic carbocycles. The third-order valence-electron chi connectivity index (χ3n) is 5.91. The molecule has 31 heavy (non-hydrogen) atoms. The summed E-state index contributed by atoms with van der Waals surface area (Å²) >= 11 is -0.827. The van der Waals surface area contributed by atoms with Gasteiger partial charge in [0.25, 0.3) is 0 Å². The zero-order chi connectivity index (χ0) is 21.7. The van der Waals surface area contributed by atoms with Crippen LogP contribution in [0.25, 0.3) is 11.3 Å². The number of aromatic nitrogens is 3. The molecule has 1 unspecified atom stereocenters. The first-order chi connectivity index (χ1) is 14.9. The van der Waals surface area contributed by atoms with Gasteiger partial charge in [-0.1, -0.05) is 0 Å². The number of ether oxygens (including phenoxy) is 1. The van der Waals surface area contributed by atoms with Crippen molar-refractivity contribution in [2.24, 2.45) is 0 Å². The summed E-state index contributed by atoms with van der Waals surface area (Å²) in [5, 5.41) is 0.109. The summed E-state index contributed by atoms with van der Waals surface area (Å²) in [6.07, 6.45) is 1.71. The SMILES string of the molecule is Nc1ncc(-c2cc(N3C[C@@H]4C[C@H]3C[S+]4[O-])nc(N3CC[C@@H](F)C3)n2)cc1OC(F)F. The molecule has 4 atom stereocenters. The lowest BCUT2D eigenvalue weighted by molar-refractivity contribution is -0.0494. The van der Waals surface area contributed by atoms with Crippen molar-refractivity contribution >= 4 is 28.8 Å². The van der Waals surface area contributed by atoms with Crippen LogP contribution in [0.1, 0.15) is 12.8 Å². The van der Waals surface area contributed by atoms with Crippen LogP contribution in [-0.4, -0.2) is 69.0 Å². The van der Waals surface area contributed by atoms with Crippen LogP contribution in [0.4, 0.5) is 30.8 Å². The summed E-state index contributed by atoms with van der Waals surface area (Å²) in [4.78, 5) is 17.1. The number of hydrogen-bond donors (Lipinski definition) is 1. The maximum absolute atomic E-state index is 13.8. The van der Waals surface area contributed by atoms with Gasteiger partial charge in [-0.3, -0.25) is 0 Å². The molecule has 0 spiro atoms. The first-order valence-corrected chi connectivity index (χ1v) is 11.4. The number of alkyl halides is 3. The number of rotatable bonds is 5. The summed E-state index contributed by atoms with van der Waals surface area (Å²) < 4.78 is 55.8. The van der Waals surface area contributed by atoms with Crippen LogP contribution in [0.5, 0.6) is 5.75 Å². The number of nitrogens with zero attached hydrogens (tertiary/aromatic N) is 5. The molecule has 8 nitrogen and oxygen atoms in total. The van der Waals surface area contributed by atoms with E-state index in [1.807, 2.05) is 0 Å². The van der Waals surface area contributed by atoms with Crippen LogP contribution < -0.4 is 20.3 Å². The highest BCUT2D eigenvalue weighted by atomic mass is 32.2. The zero-order valence-electron chi connectivity index (χ0n) is 16.5. The van der Waals surface area contributed by atoms with Crippen LogP contribution in [0.3, 0.4) is 0 Å². The van der Waals surface area contributed by atoms with Gasteiger partial charge in [0.1, 0.15) is 23.0 Å². The van der Waals surface area contributed by atoms with E-state index in [1.165, 1.54) is 12.3 Å². The van der Waals surface area contributed by atoms with E-state index < -0.39 is 24.0 Å². The number of nitrogens with two attached hydrogens (primary N) is 1. The van der Waals surface area contributed by atoms with Gasteiger partial charge in [0.2, 0.25) is 5.95 Å². The Bertz CT molecular complexity index is 984. The molecule has 0 amide bonds.